The van der Waals surface area contributed by atoms with Crippen LogP contribution in [-0.4, -0.2) is 39.4 Å². The Balaban J connectivity index is 1.79. The van der Waals surface area contributed by atoms with Gasteiger partial charge in [-0.15, -0.1) is 11.3 Å². The van der Waals surface area contributed by atoms with Gasteiger partial charge in [0.05, 0.1) is 26.8 Å². The SMILES string of the molecule is COc1cc2c(cc1OC)C(c1ccccc1)N(S(=O)(=O)c1ccc(CNC(C)=O)s1)CC2. The summed E-state index contributed by atoms with van der Waals surface area (Å²) in [5.74, 6) is 1.03. The molecule has 1 aromatic heterocycles. The zero-order valence-corrected chi connectivity index (χ0v) is 20.3. The molecule has 0 saturated carbocycles. The average Bonchev–Trinajstić information content (AvgIpc) is 3.31. The van der Waals surface area contributed by atoms with Crippen molar-refractivity contribution in [3.05, 3.63) is 76.2 Å². The molecule has 1 N–H and O–H groups in total. The van der Waals surface area contributed by atoms with Crippen LogP contribution in [0.3, 0.4) is 0 Å². The summed E-state index contributed by atoms with van der Waals surface area (Å²) in [7, 11) is -0.626. The van der Waals surface area contributed by atoms with Crippen molar-refractivity contribution in [1.82, 2.24) is 9.62 Å². The molecule has 1 aliphatic heterocycles. The summed E-state index contributed by atoms with van der Waals surface area (Å²) in [6, 6.07) is 16.3. The number of nitrogens with zero attached hydrogens (tertiary/aromatic N) is 1. The molecular weight excluding hydrogens is 460 g/mol. The van der Waals surface area contributed by atoms with Crippen LogP contribution in [0.5, 0.6) is 11.5 Å². The van der Waals surface area contributed by atoms with Gasteiger partial charge in [-0.25, -0.2) is 8.42 Å². The van der Waals surface area contributed by atoms with Gasteiger partial charge in [0, 0.05) is 18.3 Å². The number of hydrogen-bond donors (Lipinski definition) is 1. The van der Waals surface area contributed by atoms with Gasteiger partial charge in [0.1, 0.15) is 4.21 Å². The van der Waals surface area contributed by atoms with Crippen LogP contribution in [0.15, 0.2) is 58.8 Å². The molecule has 0 radical (unpaired) electrons. The van der Waals surface area contributed by atoms with Gasteiger partial charge in [-0.2, -0.15) is 4.31 Å². The van der Waals surface area contributed by atoms with E-state index in [9.17, 15) is 13.2 Å². The summed E-state index contributed by atoms with van der Waals surface area (Å²) in [4.78, 5) is 12.0. The second-order valence-electron chi connectivity index (χ2n) is 7.72. The number of thiophene rings is 1. The fraction of sp³-hybridized carbons (Fsp3) is 0.292. The van der Waals surface area contributed by atoms with Crippen LogP contribution >= 0.6 is 11.3 Å². The number of ether oxygens (including phenoxy) is 2. The van der Waals surface area contributed by atoms with E-state index in [-0.39, 0.29) is 10.1 Å². The van der Waals surface area contributed by atoms with Gasteiger partial charge >= 0.3 is 0 Å². The fourth-order valence-electron chi connectivity index (χ4n) is 4.08. The van der Waals surface area contributed by atoms with Crippen molar-refractivity contribution in [2.45, 2.75) is 30.1 Å². The molecule has 33 heavy (non-hydrogen) atoms. The van der Waals surface area contributed by atoms with Gasteiger partial charge < -0.3 is 14.8 Å². The number of carbonyl (C=O) groups excluding carboxylic acids is 1. The molecule has 0 spiro atoms. The summed E-state index contributed by atoms with van der Waals surface area (Å²) in [6.45, 7) is 2.07. The van der Waals surface area contributed by atoms with E-state index in [1.807, 2.05) is 42.5 Å². The lowest BCUT2D eigenvalue weighted by molar-refractivity contribution is -0.119. The van der Waals surface area contributed by atoms with Gasteiger partial charge in [-0.1, -0.05) is 30.3 Å². The van der Waals surface area contributed by atoms with Gasteiger partial charge in [0.25, 0.3) is 10.0 Å². The van der Waals surface area contributed by atoms with E-state index in [2.05, 4.69) is 5.32 Å². The summed E-state index contributed by atoms with van der Waals surface area (Å²) in [5, 5.41) is 2.71. The van der Waals surface area contributed by atoms with Crippen molar-refractivity contribution in [3.8, 4) is 11.5 Å². The Bertz CT molecular complexity index is 1260. The first kappa shape index (κ1) is 23.3. The highest BCUT2D eigenvalue weighted by molar-refractivity contribution is 7.91. The third-order valence-corrected chi connectivity index (χ3v) is 9.07. The van der Waals surface area contributed by atoms with Crippen LogP contribution < -0.4 is 14.8 Å². The minimum Gasteiger partial charge on any atom is -0.493 e. The number of sulfonamides is 1. The van der Waals surface area contributed by atoms with Crippen LogP contribution in [0.4, 0.5) is 0 Å². The van der Waals surface area contributed by atoms with Crippen molar-refractivity contribution in [1.29, 1.82) is 0 Å². The minimum absolute atomic E-state index is 0.158. The number of carbonyl (C=O) groups is 1. The molecule has 1 amide bonds. The van der Waals surface area contributed by atoms with Gasteiger partial charge in [-0.3, -0.25) is 4.79 Å². The molecule has 0 fully saturated rings. The second kappa shape index (κ2) is 9.54. The summed E-state index contributed by atoms with van der Waals surface area (Å²) in [6.07, 6.45) is 0.558. The van der Waals surface area contributed by atoms with E-state index in [0.717, 1.165) is 21.6 Å². The molecule has 2 heterocycles. The van der Waals surface area contributed by atoms with Crippen molar-refractivity contribution < 1.29 is 22.7 Å². The molecule has 7 nitrogen and oxygen atoms in total. The molecule has 3 aromatic rings. The van der Waals surface area contributed by atoms with E-state index in [1.165, 1.54) is 18.3 Å². The monoisotopic (exact) mass is 486 g/mol. The molecule has 1 unspecified atom stereocenters. The zero-order valence-electron chi connectivity index (χ0n) is 18.7. The molecule has 0 saturated heterocycles. The Kier molecular flexibility index (Phi) is 6.73. The summed E-state index contributed by atoms with van der Waals surface area (Å²) in [5.41, 5.74) is 2.79. The van der Waals surface area contributed by atoms with Crippen molar-refractivity contribution in [3.63, 3.8) is 0 Å². The highest BCUT2D eigenvalue weighted by Crippen LogP contribution is 2.43. The minimum atomic E-state index is -3.79. The number of benzene rings is 2. The van der Waals surface area contributed by atoms with Crippen LogP contribution in [0.1, 0.15) is 34.5 Å². The first-order valence-corrected chi connectivity index (χ1v) is 12.8. The third-order valence-electron chi connectivity index (χ3n) is 5.66. The standard InChI is InChI=1S/C24H26N2O5S2/c1-16(27)25-15-19-9-10-23(32-19)33(28,29)26-12-11-18-13-21(30-2)22(31-3)14-20(18)24(26)17-7-5-4-6-8-17/h4-10,13-14,24H,11-12,15H2,1-3H3,(H,25,27). The zero-order chi connectivity index (χ0) is 23.6. The molecule has 0 bridgehead atoms. The molecule has 9 heteroatoms. The average molecular weight is 487 g/mol. The van der Waals surface area contributed by atoms with Crippen LogP contribution in [0.25, 0.3) is 0 Å². The lowest BCUT2D eigenvalue weighted by Crippen LogP contribution is -2.40. The Morgan fingerprint density at radius 2 is 1.79 bits per heavy atom. The maximum absolute atomic E-state index is 13.8. The first-order valence-electron chi connectivity index (χ1n) is 10.5. The lowest BCUT2D eigenvalue weighted by atomic mass is 9.89. The molecule has 174 valence electrons. The van der Waals surface area contributed by atoms with Crippen LogP contribution in [0.2, 0.25) is 0 Å². The quantitative estimate of drug-likeness (QED) is 0.550. The highest BCUT2D eigenvalue weighted by atomic mass is 32.2. The predicted molar refractivity (Wildman–Crippen MR) is 127 cm³/mol. The van der Waals surface area contributed by atoms with Crippen LogP contribution in [0, 0.1) is 0 Å². The molecule has 4 rings (SSSR count). The van der Waals surface area contributed by atoms with Gasteiger partial charge in [-0.05, 0) is 47.4 Å². The summed E-state index contributed by atoms with van der Waals surface area (Å²) < 4.78 is 40.4. The van der Waals surface area contributed by atoms with Gasteiger partial charge in [0.15, 0.2) is 11.5 Å². The van der Waals surface area contributed by atoms with E-state index >= 15 is 0 Å². The molecule has 2 aromatic carbocycles. The molecule has 1 aliphatic rings. The van der Waals surface area contributed by atoms with E-state index < -0.39 is 16.1 Å². The maximum atomic E-state index is 13.8. The highest BCUT2D eigenvalue weighted by Gasteiger charge is 2.38. The molecule has 0 aliphatic carbocycles. The Labute approximate surface area is 198 Å². The number of hydrogen-bond acceptors (Lipinski definition) is 6. The second-order valence-corrected chi connectivity index (χ2v) is 11.0. The Morgan fingerprint density at radius 3 is 2.45 bits per heavy atom. The van der Waals surface area contributed by atoms with E-state index in [4.69, 9.17) is 9.47 Å². The largest absolute Gasteiger partial charge is 0.493 e. The predicted octanol–water partition coefficient (Wildman–Crippen LogP) is 3.74. The number of methoxy groups -OCH3 is 2. The van der Waals surface area contributed by atoms with Gasteiger partial charge in [0.2, 0.25) is 5.91 Å². The Morgan fingerprint density at radius 1 is 1.09 bits per heavy atom. The third kappa shape index (κ3) is 4.62. The maximum Gasteiger partial charge on any atom is 0.253 e. The molecular formula is C24H26N2O5S2. The van der Waals surface area contributed by atoms with Crippen molar-refractivity contribution in [2.75, 3.05) is 20.8 Å². The fourth-order valence-corrected chi connectivity index (χ4v) is 7.10. The Hall–Kier alpha value is -2.88. The summed E-state index contributed by atoms with van der Waals surface area (Å²) >= 11 is 1.18. The number of amides is 1. The van der Waals surface area contributed by atoms with Crippen molar-refractivity contribution in [2.24, 2.45) is 0 Å². The normalized spacial score (nSPS) is 16.2. The van der Waals surface area contributed by atoms with E-state index in [0.29, 0.717) is 31.0 Å². The smallest absolute Gasteiger partial charge is 0.253 e. The number of fused-ring (bicyclic) bond motifs is 1. The van der Waals surface area contributed by atoms with Crippen molar-refractivity contribution >= 4 is 27.3 Å². The molecule has 1 atom stereocenters. The number of nitrogens with one attached hydrogen (secondary N) is 1. The topological polar surface area (TPSA) is 84.9 Å². The van der Waals surface area contributed by atoms with E-state index in [1.54, 1.807) is 30.7 Å². The number of rotatable bonds is 7. The lowest BCUT2D eigenvalue weighted by Gasteiger charge is -2.36. The van der Waals surface area contributed by atoms with Crippen LogP contribution in [-0.2, 0) is 27.8 Å². The first-order chi connectivity index (χ1) is 15.8.